The smallest absolute Gasteiger partial charge is 0.307 e. The highest BCUT2D eigenvalue weighted by atomic mass is 79.9. The minimum Gasteiger partial charge on any atom is -0.493 e. The van der Waals surface area contributed by atoms with Gasteiger partial charge in [-0.1, -0.05) is 34.1 Å². The second-order valence-electron chi connectivity index (χ2n) is 7.31. The number of halogens is 1. The zero-order valence-corrected chi connectivity index (χ0v) is 19.8. The summed E-state index contributed by atoms with van der Waals surface area (Å²) in [7, 11) is 1.53. The quantitative estimate of drug-likeness (QED) is 0.289. The van der Waals surface area contributed by atoms with E-state index in [-0.39, 0.29) is 11.7 Å². The average Bonchev–Trinajstić information content (AvgIpc) is 3.35. The Balaban J connectivity index is 1.47. The minimum atomic E-state index is -0.494. The van der Waals surface area contributed by atoms with E-state index in [1.54, 1.807) is 28.9 Å². The van der Waals surface area contributed by atoms with Gasteiger partial charge in [0.05, 0.1) is 13.3 Å². The number of furan rings is 1. The Hall–Kier alpha value is -3.85. The number of benzene rings is 2. The Bertz CT molecular complexity index is 1370. The van der Waals surface area contributed by atoms with Gasteiger partial charge in [0.25, 0.3) is 5.91 Å². The van der Waals surface area contributed by atoms with Gasteiger partial charge >= 0.3 is 5.91 Å². The molecule has 0 atom stereocenters. The third-order valence-corrected chi connectivity index (χ3v) is 5.54. The Morgan fingerprint density at radius 2 is 1.85 bits per heavy atom. The van der Waals surface area contributed by atoms with Crippen molar-refractivity contribution < 1.29 is 18.7 Å². The first-order valence-corrected chi connectivity index (χ1v) is 10.8. The van der Waals surface area contributed by atoms with Gasteiger partial charge in [0.1, 0.15) is 0 Å². The van der Waals surface area contributed by atoms with E-state index in [1.165, 1.54) is 13.3 Å². The molecule has 33 heavy (non-hydrogen) atoms. The number of ether oxygens (including phenoxy) is 1. The first-order valence-electron chi connectivity index (χ1n) is 10.0. The molecule has 0 fully saturated rings. The van der Waals surface area contributed by atoms with Crippen LogP contribution < -0.4 is 15.6 Å². The van der Waals surface area contributed by atoms with Crippen LogP contribution >= 0.6 is 15.9 Å². The predicted molar refractivity (Wildman–Crippen MR) is 130 cm³/mol. The van der Waals surface area contributed by atoms with E-state index in [2.05, 4.69) is 31.9 Å². The van der Waals surface area contributed by atoms with Crippen LogP contribution in [0.15, 0.2) is 68.6 Å². The highest BCUT2D eigenvalue weighted by molar-refractivity contribution is 9.10. The molecule has 2 N–H and O–H groups in total. The number of fused-ring (bicyclic) bond motifs is 1. The molecule has 0 radical (unpaired) electrons. The molecule has 0 saturated carbocycles. The van der Waals surface area contributed by atoms with Crippen LogP contribution in [0.3, 0.4) is 0 Å². The molecule has 0 bridgehead atoms. The predicted octanol–water partition coefficient (Wildman–Crippen LogP) is 4.77. The molecule has 0 aliphatic rings. The molecule has 168 valence electrons. The van der Waals surface area contributed by atoms with Crippen molar-refractivity contribution in [3.8, 4) is 5.75 Å². The summed E-state index contributed by atoms with van der Waals surface area (Å²) in [4.78, 5) is 25.0. The van der Waals surface area contributed by atoms with Crippen molar-refractivity contribution in [1.29, 1.82) is 0 Å². The zero-order valence-electron chi connectivity index (χ0n) is 18.2. The van der Waals surface area contributed by atoms with Gasteiger partial charge in [-0.25, -0.2) is 5.43 Å². The minimum absolute atomic E-state index is 0.110. The van der Waals surface area contributed by atoms with Gasteiger partial charge in [-0.3, -0.25) is 19.7 Å². The Morgan fingerprint density at radius 1 is 1.09 bits per heavy atom. The van der Waals surface area contributed by atoms with Crippen LogP contribution in [0.25, 0.3) is 11.0 Å². The highest BCUT2D eigenvalue weighted by Crippen LogP contribution is 2.32. The van der Waals surface area contributed by atoms with E-state index in [0.717, 1.165) is 26.8 Å². The first-order chi connectivity index (χ1) is 15.9. The number of hydrogen-bond acceptors (Lipinski definition) is 5. The number of nitrogens with one attached hydrogen (secondary N) is 2. The number of methoxy groups -OCH3 is 1. The first kappa shape index (κ1) is 22.3. The summed E-state index contributed by atoms with van der Waals surface area (Å²) in [6, 6.07) is 16.0. The van der Waals surface area contributed by atoms with Crippen LogP contribution in [-0.2, 0) is 0 Å². The van der Waals surface area contributed by atoms with Crippen LogP contribution in [0.5, 0.6) is 5.75 Å². The van der Waals surface area contributed by atoms with Gasteiger partial charge < -0.3 is 9.15 Å². The molecular formula is C24H21BrN4O4. The number of aromatic nitrogens is 1. The third-order valence-electron chi connectivity index (χ3n) is 5.08. The van der Waals surface area contributed by atoms with E-state index >= 15 is 0 Å². The molecule has 2 aromatic carbocycles. The fraction of sp³-hybridized carbons (Fsp3) is 0.125. The van der Waals surface area contributed by atoms with E-state index < -0.39 is 5.91 Å². The maximum absolute atomic E-state index is 12.5. The highest BCUT2D eigenvalue weighted by Gasteiger charge is 2.16. The van der Waals surface area contributed by atoms with Gasteiger partial charge in [-0.05, 0) is 50.2 Å². The lowest BCUT2D eigenvalue weighted by Crippen LogP contribution is -2.24. The van der Waals surface area contributed by atoms with E-state index in [0.29, 0.717) is 16.9 Å². The molecule has 2 aromatic heterocycles. The third kappa shape index (κ3) is 4.68. The molecule has 2 amide bonds. The molecule has 2 heterocycles. The van der Waals surface area contributed by atoms with Crippen molar-refractivity contribution in [3.63, 3.8) is 0 Å². The lowest BCUT2D eigenvalue weighted by molar-refractivity contribution is 0.0929. The van der Waals surface area contributed by atoms with Gasteiger partial charge in [-0.15, -0.1) is 0 Å². The molecule has 0 aliphatic carbocycles. The second kappa shape index (κ2) is 9.33. The van der Waals surface area contributed by atoms with Crippen molar-refractivity contribution in [2.24, 2.45) is 5.10 Å². The summed E-state index contributed by atoms with van der Waals surface area (Å²) in [5, 5.41) is 4.78. The van der Waals surface area contributed by atoms with Gasteiger partial charge in [0.2, 0.25) is 0 Å². The summed E-state index contributed by atoms with van der Waals surface area (Å²) in [6.07, 6.45) is 1.52. The largest absolute Gasteiger partial charge is 0.493 e. The molecule has 4 rings (SSSR count). The van der Waals surface area contributed by atoms with E-state index in [9.17, 15) is 9.59 Å². The summed E-state index contributed by atoms with van der Waals surface area (Å²) in [6.45, 7) is 3.72. The molecule has 8 nitrogen and oxygen atoms in total. The normalized spacial score (nSPS) is 11.2. The molecule has 0 saturated heterocycles. The number of carbonyl (C=O) groups excluding carboxylic acids is 2. The molecule has 0 aliphatic heterocycles. The number of aryl methyl sites for hydroxylation is 1. The number of rotatable bonds is 6. The Morgan fingerprint density at radius 3 is 2.58 bits per heavy atom. The van der Waals surface area contributed by atoms with Gasteiger partial charge in [0, 0.05) is 32.4 Å². The standard InChI is InChI=1S/C24H21BrN4O4/c1-14-9-18(15(2)29(14)28-23(30)16-7-5-4-6-8-16)13-26-27-24(31)21-11-17-10-19(25)12-20(32-3)22(17)33-21/h4-13H,1-3H3,(H,27,31)(H,28,30)/b26-13-. The number of hydrogen-bond donors (Lipinski definition) is 2. The topological polar surface area (TPSA) is 97.9 Å². The van der Waals surface area contributed by atoms with Gasteiger partial charge in [-0.2, -0.15) is 5.10 Å². The zero-order chi connectivity index (χ0) is 23.5. The van der Waals surface area contributed by atoms with Crippen LogP contribution in [0.1, 0.15) is 37.9 Å². The lowest BCUT2D eigenvalue weighted by Gasteiger charge is -2.11. The number of nitrogens with zero attached hydrogens (tertiary/aromatic N) is 2. The van der Waals surface area contributed by atoms with E-state index in [1.807, 2.05) is 44.2 Å². The maximum atomic E-state index is 12.5. The molecular weight excluding hydrogens is 488 g/mol. The molecule has 0 spiro atoms. The van der Waals surface area contributed by atoms with Crippen molar-refractivity contribution in [2.45, 2.75) is 13.8 Å². The van der Waals surface area contributed by atoms with Crippen LogP contribution in [0.2, 0.25) is 0 Å². The van der Waals surface area contributed by atoms with Crippen LogP contribution in [-0.4, -0.2) is 29.8 Å². The fourth-order valence-electron chi connectivity index (χ4n) is 3.41. The van der Waals surface area contributed by atoms with Crippen molar-refractivity contribution in [2.75, 3.05) is 12.5 Å². The maximum Gasteiger partial charge on any atom is 0.307 e. The van der Waals surface area contributed by atoms with Crippen molar-refractivity contribution in [1.82, 2.24) is 10.1 Å². The SMILES string of the molecule is COc1cc(Br)cc2cc(C(=O)N/N=C\c3cc(C)n(NC(=O)c4ccccc4)c3C)oc12. The average molecular weight is 509 g/mol. The fourth-order valence-corrected chi connectivity index (χ4v) is 3.87. The Kier molecular flexibility index (Phi) is 6.32. The van der Waals surface area contributed by atoms with Gasteiger partial charge in [0.15, 0.2) is 17.1 Å². The Labute approximate surface area is 198 Å². The van der Waals surface area contributed by atoms with Crippen molar-refractivity contribution in [3.05, 3.63) is 87.3 Å². The molecule has 0 unspecified atom stereocenters. The number of amides is 2. The summed E-state index contributed by atoms with van der Waals surface area (Å²) in [5.41, 5.74) is 8.71. The summed E-state index contributed by atoms with van der Waals surface area (Å²) >= 11 is 3.41. The van der Waals surface area contributed by atoms with Crippen LogP contribution in [0.4, 0.5) is 0 Å². The number of carbonyl (C=O) groups is 2. The second-order valence-corrected chi connectivity index (χ2v) is 8.22. The summed E-state index contributed by atoms with van der Waals surface area (Å²) in [5.74, 6) is -0.0842. The van der Waals surface area contributed by atoms with E-state index in [4.69, 9.17) is 9.15 Å². The summed E-state index contributed by atoms with van der Waals surface area (Å²) < 4.78 is 13.5. The number of hydrazone groups is 1. The lowest BCUT2D eigenvalue weighted by atomic mass is 10.2. The molecule has 9 heteroatoms. The van der Waals surface area contributed by atoms with Crippen LogP contribution in [0, 0.1) is 13.8 Å². The molecule has 4 aromatic rings. The monoisotopic (exact) mass is 508 g/mol. The van der Waals surface area contributed by atoms with Crippen molar-refractivity contribution >= 4 is 44.9 Å².